The summed E-state index contributed by atoms with van der Waals surface area (Å²) in [6.45, 7) is 0. The summed E-state index contributed by atoms with van der Waals surface area (Å²) in [6, 6.07) is 0.450. The van der Waals surface area contributed by atoms with Gasteiger partial charge >= 0.3 is 0 Å². The van der Waals surface area contributed by atoms with E-state index in [0.29, 0.717) is 12.3 Å². The van der Waals surface area contributed by atoms with E-state index >= 15 is 0 Å². The third-order valence-electron chi connectivity index (χ3n) is 1.11. The molecule has 0 amide bonds. The zero-order valence-corrected chi connectivity index (χ0v) is 6.39. The third kappa shape index (κ3) is 1.88. The molecule has 0 spiro atoms. The van der Waals surface area contributed by atoms with Gasteiger partial charge in [-0.05, 0) is 0 Å². The van der Waals surface area contributed by atoms with Gasteiger partial charge in [0.05, 0.1) is 6.20 Å². The fraction of sp³-hybridized carbons (Fsp3) is 0.167. The maximum absolute atomic E-state index is 12.6. The number of rotatable bonds is 1. The summed E-state index contributed by atoms with van der Waals surface area (Å²) in [5.41, 5.74) is -0.828. The van der Waals surface area contributed by atoms with Gasteiger partial charge in [-0.25, -0.2) is 13.8 Å². The Balaban J connectivity index is 3.19. The molecule has 0 aliphatic heterocycles. The lowest BCUT2D eigenvalue weighted by Crippen LogP contribution is -2.20. The van der Waals surface area contributed by atoms with Crippen LogP contribution in [0.25, 0.3) is 0 Å². The molecule has 0 saturated heterocycles. The number of pyridine rings is 1. The van der Waals surface area contributed by atoms with Crippen LogP contribution < -0.4 is 0 Å². The molecule has 2 N–H and O–H groups in total. The lowest BCUT2D eigenvalue weighted by atomic mass is 10.3. The lowest BCUT2D eigenvalue weighted by molar-refractivity contribution is -0.0960. The van der Waals surface area contributed by atoms with Gasteiger partial charge in [0.1, 0.15) is 5.82 Å². The molecule has 0 aliphatic rings. The van der Waals surface area contributed by atoms with Crippen molar-refractivity contribution in [3.63, 3.8) is 0 Å². The monoisotopic (exact) mass is 195 g/mol. The summed E-state index contributed by atoms with van der Waals surface area (Å²) in [6.07, 6.45) is 0.627. The van der Waals surface area contributed by atoms with Gasteiger partial charge in [0.25, 0.3) is 5.25 Å². The summed E-state index contributed by atoms with van der Waals surface area (Å²) in [5, 5.41) is 14.4. The molecule has 3 nitrogen and oxygen atoms in total. The van der Waals surface area contributed by atoms with Crippen molar-refractivity contribution in [2.24, 2.45) is 0 Å². The molecule has 1 aromatic rings. The van der Waals surface area contributed by atoms with Crippen molar-refractivity contribution >= 4 is 11.6 Å². The van der Waals surface area contributed by atoms with E-state index in [-0.39, 0.29) is 0 Å². The first-order chi connectivity index (χ1) is 5.41. The van der Waals surface area contributed by atoms with E-state index in [0.717, 1.165) is 0 Å². The summed E-state index contributed by atoms with van der Waals surface area (Å²) in [7, 11) is 0. The second kappa shape index (κ2) is 2.93. The molecular weight excluding hydrogens is 192 g/mol. The normalized spacial score (nSPS) is 11.8. The van der Waals surface area contributed by atoms with E-state index in [9.17, 15) is 8.78 Å². The van der Waals surface area contributed by atoms with Gasteiger partial charge in [-0.1, -0.05) is 11.6 Å². The molecule has 0 aliphatic carbocycles. The zero-order chi connectivity index (χ0) is 9.35. The minimum absolute atomic E-state index is 0.450. The van der Waals surface area contributed by atoms with Gasteiger partial charge < -0.3 is 10.2 Å². The molecule has 1 rings (SSSR count). The maximum atomic E-state index is 12.6. The largest absolute Gasteiger partial charge is 0.348 e. The van der Waals surface area contributed by atoms with Crippen LogP contribution >= 0.6 is 11.6 Å². The predicted molar refractivity (Wildman–Crippen MR) is 36.1 cm³/mol. The average Bonchev–Trinajstić information content (AvgIpc) is 1.83. The number of hydrogen-bond donors (Lipinski definition) is 2. The first kappa shape index (κ1) is 9.31. The van der Waals surface area contributed by atoms with Gasteiger partial charge in [-0.3, -0.25) is 0 Å². The van der Waals surface area contributed by atoms with Crippen LogP contribution in [0, 0.1) is 11.6 Å². The molecule has 0 bridgehead atoms. The number of aliphatic hydroxyl groups is 2. The Labute approximate surface area is 71.2 Å². The van der Waals surface area contributed by atoms with Crippen molar-refractivity contribution in [1.82, 2.24) is 4.98 Å². The molecular formula is C6H4ClF2NO2. The van der Waals surface area contributed by atoms with Crippen LogP contribution in [0.3, 0.4) is 0 Å². The molecule has 0 saturated carbocycles. The molecule has 0 unspecified atom stereocenters. The fourth-order valence-corrected chi connectivity index (χ4v) is 0.788. The maximum Gasteiger partial charge on any atom is 0.291 e. The van der Waals surface area contributed by atoms with Crippen molar-refractivity contribution in [2.75, 3.05) is 0 Å². The molecule has 6 heteroatoms. The van der Waals surface area contributed by atoms with Crippen LogP contribution in [0.5, 0.6) is 0 Å². The fourth-order valence-electron chi connectivity index (χ4n) is 0.649. The predicted octanol–water partition coefficient (Wildman–Crippen LogP) is 0.694. The van der Waals surface area contributed by atoms with Crippen molar-refractivity contribution in [2.45, 2.75) is 5.25 Å². The number of nitrogens with zero attached hydrogens (tertiary/aromatic N) is 1. The summed E-state index contributed by atoms with van der Waals surface area (Å²) in [5.74, 6) is -2.13. The third-order valence-corrected chi connectivity index (χ3v) is 1.29. The highest BCUT2D eigenvalue weighted by molar-refractivity contribution is 6.21. The number of hydrogen-bond acceptors (Lipinski definition) is 3. The second-order valence-corrected chi connectivity index (χ2v) is 2.60. The van der Waals surface area contributed by atoms with Crippen LogP contribution in [0.1, 0.15) is 5.69 Å². The van der Waals surface area contributed by atoms with Crippen LogP contribution in [-0.4, -0.2) is 15.2 Å². The second-order valence-electron chi connectivity index (χ2n) is 2.07. The Bertz CT molecular complexity index is 300. The highest BCUT2D eigenvalue weighted by Gasteiger charge is 2.28. The first-order valence-electron chi connectivity index (χ1n) is 2.86. The molecule has 0 radical (unpaired) electrons. The molecule has 0 fully saturated rings. The molecule has 1 aromatic heterocycles. The quantitative estimate of drug-likeness (QED) is 0.512. The van der Waals surface area contributed by atoms with Crippen LogP contribution in [-0.2, 0) is 5.25 Å². The first-order valence-corrected chi connectivity index (χ1v) is 3.24. The highest BCUT2D eigenvalue weighted by atomic mass is 35.5. The highest BCUT2D eigenvalue weighted by Crippen LogP contribution is 2.22. The van der Waals surface area contributed by atoms with Crippen LogP contribution in [0.15, 0.2) is 12.3 Å². The zero-order valence-electron chi connectivity index (χ0n) is 5.63. The minimum atomic E-state index is -2.90. The van der Waals surface area contributed by atoms with Crippen LogP contribution in [0.4, 0.5) is 8.78 Å². The smallest absolute Gasteiger partial charge is 0.291 e. The van der Waals surface area contributed by atoms with E-state index in [1.807, 2.05) is 0 Å². The molecule has 1 heterocycles. The Morgan fingerprint density at radius 1 is 1.42 bits per heavy atom. The Kier molecular flexibility index (Phi) is 2.27. The molecule has 12 heavy (non-hydrogen) atoms. The van der Waals surface area contributed by atoms with Gasteiger partial charge in [0.2, 0.25) is 0 Å². The van der Waals surface area contributed by atoms with Crippen molar-refractivity contribution in [1.29, 1.82) is 0 Å². The Morgan fingerprint density at radius 3 is 2.42 bits per heavy atom. The van der Waals surface area contributed by atoms with Crippen molar-refractivity contribution in [3.8, 4) is 0 Å². The van der Waals surface area contributed by atoms with Crippen LogP contribution in [0.2, 0.25) is 0 Å². The van der Waals surface area contributed by atoms with Gasteiger partial charge in [0, 0.05) is 6.07 Å². The number of alkyl halides is 1. The number of aromatic nitrogens is 1. The van der Waals surface area contributed by atoms with Crippen molar-refractivity contribution < 1.29 is 19.0 Å². The van der Waals surface area contributed by atoms with Gasteiger partial charge in [-0.15, -0.1) is 0 Å². The van der Waals surface area contributed by atoms with Gasteiger partial charge in [-0.2, -0.15) is 0 Å². The molecule has 66 valence electrons. The lowest BCUT2D eigenvalue weighted by Gasteiger charge is -2.11. The molecule has 0 atom stereocenters. The minimum Gasteiger partial charge on any atom is -0.348 e. The van der Waals surface area contributed by atoms with E-state index in [1.165, 1.54) is 0 Å². The summed E-state index contributed by atoms with van der Waals surface area (Å²) < 4.78 is 24.9. The van der Waals surface area contributed by atoms with Crippen molar-refractivity contribution in [3.05, 3.63) is 29.6 Å². The SMILES string of the molecule is OC(O)(Cl)c1ncc(F)cc1F. The van der Waals surface area contributed by atoms with E-state index in [4.69, 9.17) is 21.8 Å². The Morgan fingerprint density at radius 2 is 2.00 bits per heavy atom. The number of halogens is 3. The standard InChI is InChI=1S/C6H4ClF2NO2/c7-6(11,12)5-4(9)1-3(8)2-10-5/h1-2,11-12H. The Hall–Kier alpha value is -0.780. The van der Waals surface area contributed by atoms with E-state index in [1.54, 1.807) is 0 Å². The van der Waals surface area contributed by atoms with E-state index in [2.05, 4.69) is 4.98 Å². The summed E-state index contributed by atoms with van der Waals surface area (Å²) >= 11 is 4.90. The van der Waals surface area contributed by atoms with E-state index < -0.39 is 22.6 Å². The average molecular weight is 196 g/mol. The van der Waals surface area contributed by atoms with Gasteiger partial charge in [0.15, 0.2) is 11.5 Å². The summed E-state index contributed by atoms with van der Waals surface area (Å²) in [4.78, 5) is 3.07. The molecule has 0 aromatic carbocycles. The topological polar surface area (TPSA) is 53.4 Å².